The molecule has 0 aliphatic carbocycles. The smallest absolute Gasteiger partial charge is 0.258 e. The lowest BCUT2D eigenvalue weighted by atomic mass is 10.2. The molecule has 0 fully saturated rings. The van der Waals surface area contributed by atoms with Crippen LogP contribution in [0.3, 0.4) is 0 Å². The van der Waals surface area contributed by atoms with Gasteiger partial charge in [-0.05, 0) is 6.07 Å². The van der Waals surface area contributed by atoms with Gasteiger partial charge < -0.3 is 0 Å². The van der Waals surface area contributed by atoms with Crippen molar-refractivity contribution in [3.05, 3.63) is 39.9 Å². The molecule has 4 nitrogen and oxygen atoms in total. The third kappa shape index (κ3) is 1.45. The minimum absolute atomic E-state index is 0.509. The quantitative estimate of drug-likeness (QED) is 0.384. The number of carbonyl (C=O) groups is 1. The number of benzene rings is 1. The molecule has 0 amide bonds. The lowest BCUT2D eigenvalue weighted by Gasteiger charge is -1.93. The molecule has 0 unspecified atom stereocenters. The van der Waals surface area contributed by atoms with E-state index in [1.165, 1.54) is 12.1 Å². The SMILES string of the molecule is O=C(F)c1ccccc1[N+](=O)[O-]. The van der Waals surface area contributed by atoms with Crippen molar-refractivity contribution in [3.8, 4) is 0 Å². The van der Waals surface area contributed by atoms with Crippen LogP contribution in [0.25, 0.3) is 0 Å². The number of rotatable bonds is 2. The van der Waals surface area contributed by atoms with Gasteiger partial charge in [0.1, 0.15) is 5.56 Å². The zero-order valence-electron chi connectivity index (χ0n) is 5.86. The summed E-state index contributed by atoms with van der Waals surface area (Å²) in [6.07, 6.45) is 0. The van der Waals surface area contributed by atoms with E-state index in [1.54, 1.807) is 0 Å². The van der Waals surface area contributed by atoms with Crippen molar-refractivity contribution in [3.63, 3.8) is 0 Å². The van der Waals surface area contributed by atoms with E-state index in [2.05, 4.69) is 0 Å². The maximum Gasteiger partial charge on any atom is 0.339 e. The van der Waals surface area contributed by atoms with Crippen LogP contribution in [-0.2, 0) is 0 Å². The summed E-state index contributed by atoms with van der Waals surface area (Å²) in [6, 6.07) is 3.08. The van der Waals surface area contributed by atoms with Crippen molar-refractivity contribution in [2.45, 2.75) is 0 Å². The number of hydrogen-bond acceptors (Lipinski definition) is 3. The summed E-state index contributed by atoms with van der Waals surface area (Å²) in [5.41, 5.74) is -1.02. The van der Waals surface area contributed by atoms with Crippen LogP contribution in [0, 0.1) is 10.1 Å². The Kier molecular flexibility index (Phi) is 2.14. The molecule has 0 bridgehead atoms. The van der Waals surface area contributed by atoms with Gasteiger partial charge in [0.15, 0.2) is 0 Å². The first-order valence-corrected chi connectivity index (χ1v) is 3.06. The molecular weight excluding hydrogens is 165 g/mol. The van der Waals surface area contributed by atoms with Crippen LogP contribution in [0.1, 0.15) is 10.4 Å². The van der Waals surface area contributed by atoms with Crippen LogP contribution in [0.4, 0.5) is 10.1 Å². The number of para-hydroxylation sites is 1. The van der Waals surface area contributed by atoms with E-state index < -0.39 is 22.2 Å². The van der Waals surface area contributed by atoms with Gasteiger partial charge in [-0.1, -0.05) is 12.1 Å². The molecule has 0 atom stereocenters. The maximum absolute atomic E-state index is 12.1. The van der Waals surface area contributed by atoms with Gasteiger partial charge in [-0.2, -0.15) is 4.39 Å². The minimum atomic E-state index is -1.79. The predicted molar refractivity (Wildman–Crippen MR) is 38.5 cm³/mol. The number of carbonyl (C=O) groups excluding carboxylic acids is 1. The maximum atomic E-state index is 12.1. The van der Waals surface area contributed by atoms with E-state index in [-0.39, 0.29) is 0 Å². The van der Waals surface area contributed by atoms with Crippen LogP contribution in [0.15, 0.2) is 24.3 Å². The Hall–Kier alpha value is -1.78. The van der Waals surface area contributed by atoms with E-state index in [4.69, 9.17) is 0 Å². The zero-order chi connectivity index (χ0) is 9.14. The third-order valence-corrected chi connectivity index (χ3v) is 1.31. The molecule has 12 heavy (non-hydrogen) atoms. The van der Waals surface area contributed by atoms with Crippen molar-refractivity contribution >= 4 is 11.7 Å². The highest BCUT2D eigenvalue weighted by atomic mass is 19.1. The van der Waals surface area contributed by atoms with Crippen molar-refractivity contribution in [1.29, 1.82) is 0 Å². The molecule has 0 aliphatic rings. The molecule has 0 saturated heterocycles. The zero-order valence-corrected chi connectivity index (χ0v) is 5.86. The Bertz CT molecular complexity index is 304. The fourth-order valence-electron chi connectivity index (χ4n) is 0.799. The monoisotopic (exact) mass is 169 g/mol. The van der Waals surface area contributed by atoms with Gasteiger partial charge in [0, 0.05) is 6.07 Å². The van der Waals surface area contributed by atoms with Gasteiger partial charge in [0.2, 0.25) is 0 Å². The number of halogens is 1. The van der Waals surface area contributed by atoms with Crippen LogP contribution in [0.2, 0.25) is 0 Å². The normalized spacial score (nSPS) is 9.42. The average Bonchev–Trinajstić information content (AvgIpc) is 2.04. The molecule has 0 radical (unpaired) electrons. The van der Waals surface area contributed by atoms with E-state index in [1.807, 2.05) is 0 Å². The first-order valence-electron chi connectivity index (χ1n) is 3.06. The van der Waals surface area contributed by atoms with Crippen molar-refractivity contribution in [2.24, 2.45) is 0 Å². The second kappa shape index (κ2) is 3.08. The topological polar surface area (TPSA) is 60.2 Å². The number of nitro groups is 1. The van der Waals surface area contributed by atoms with E-state index in [0.29, 0.717) is 0 Å². The Morgan fingerprint density at radius 3 is 2.42 bits per heavy atom. The third-order valence-electron chi connectivity index (χ3n) is 1.31. The lowest BCUT2D eigenvalue weighted by Crippen LogP contribution is -1.97. The van der Waals surface area contributed by atoms with Gasteiger partial charge >= 0.3 is 6.04 Å². The summed E-state index contributed by atoms with van der Waals surface area (Å²) in [4.78, 5) is 19.6. The van der Waals surface area contributed by atoms with Crippen LogP contribution >= 0.6 is 0 Å². The molecule has 0 saturated carbocycles. The molecule has 1 aromatic rings. The Balaban J connectivity index is 3.27. The van der Waals surface area contributed by atoms with Gasteiger partial charge in [-0.15, -0.1) is 0 Å². The highest BCUT2D eigenvalue weighted by Gasteiger charge is 2.17. The first kappa shape index (κ1) is 8.32. The minimum Gasteiger partial charge on any atom is -0.258 e. The van der Waals surface area contributed by atoms with Gasteiger partial charge in [-0.3, -0.25) is 14.9 Å². The molecule has 0 heterocycles. The molecule has 1 aromatic carbocycles. The molecule has 0 aliphatic heterocycles. The fraction of sp³-hybridized carbons (Fsp3) is 0. The van der Waals surface area contributed by atoms with E-state index in [0.717, 1.165) is 12.1 Å². The summed E-state index contributed by atoms with van der Waals surface area (Å²) in [6.45, 7) is 0. The van der Waals surface area contributed by atoms with Crippen molar-refractivity contribution in [2.75, 3.05) is 0 Å². The molecule has 1 rings (SSSR count). The van der Waals surface area contributed by atoms with Crippen LogP contribution in [0.5, 0.6) is 0 Å². The van der Waals surface area contributed by atoms with E-state index in [9.17, 15) is 19.3 Å². The second-order valence-electron chi connectivity index (χ2n) is 2.05. The highest BCUT2D eigenvalue weighted by molar-refractivity contribution is 5.92. The summed E-state index contributed by atoms with van der Waals surface area (Å²) >= 11 is 0. The summed E-state index contributed by atoms with van der Waals surface area (Å²) in [5.74, 6) is 0. The fourth-order valence-corrected chi connectivity index (χ4v) is 0.799. The van der Waals surface area contributed by atoms with Crippen LogP contribution < -0.4 is 0 Å². The van der Waals surface area contributed by atoms with Gasteiger partial charge in [0.25, 0.3) is 5.69 Å². The van der Waals surface area contributed by atoms with Gasteiger partial charge in [-0.25, -0.2) is 0 Å². The standard InChI is InChI=1S/C7H4FNO3/c8-7(10)5-3-1-2-4-6(5)9(11)12/h1-4H. The molecule has 62 valence electrons. The Morgan fingerprint density at radius 1 is 1.42 bits per heavy atom. The van der Waals surface area contributed by atoms with Crippen molar-refractivity contribution in [1.82, 2.24) is 0 Å². The second-order valence-corrected chi connectivity index (χ2v) is 2.05. The molecule has 0 spiro atoms. The molecular formula is C7H4FNO3. The highest BCUT2D eigenvalue weighted by Crippen LogP contribution is 2.17. The largest absolute Gasteiger partial charge is 0.339 e. The summed E-state index contributed by atoms with van der Waals surface area (Å²) in [5, 5.41) is 10.2. The first-order chi connectivity index (χ1) is 5.63. The van der Waals surface area contributed by atoms with Crippen LogP contribution in [-0.4, -0.2) is 11.0 Å². The van der Waals surface area contributed by atoms with Gasteiger partial charge in [0.05, 0.1) is 4.92 Å². The van der Waals surface area contributed by atoms with Crippen molar-refractivity contribution < 1.29 is 14.1 Å². The summed E-state index contributed by atoms with van der Waals surface area (Å²) in [7, 11) is 0. The Labute approximate surface area is 66.8 Å². The number of hydrogen-bond donors (Lipinski definition) is 0. The van der Waals surface area contributed by atoms with E-state index >= 15 is 0 Å². The number of nitrogens with zero attached hydrogens (tertiary/aromatic N) is 1. The predicted octanol–water partition coefficient (Wildman–Crippen LogP) is 1.70. The molecule has 0 aromatic heterocycles. The average molecular weight is 169 g/mol. The molecule has 5 heteroatoms. The number of nitro benzene ring substituents is 1. The Morgan fingerprint density at radius 2 is 2.00 bits per heavy atom. The summed E-state index contributed by atoms with van der Waals surface area (Å²) < 4.78 is 12.1. The molecule has 0 N–H and O–H groups in total. The lowest BCUT2D eigenvalue weighted by molar-refractivity contribution is -0.385.